The van der Waals surface area contributed by atoms with E-state index in [2.05, 4.69) is 4.98 Å². The van der Waals surface area contributed by atoms with Crippen molar-refractivity contribution in [2.24, 2.45) is 0 Å². The van der Waals surface area contributed by atoms with Crippen molar-refractivity contribution < 1.29 is 1.41 Å². The number of aromatic amines is 1. The summed E-state index contributed by atoms with van der Waals surface area (Å²) in [5.74, 6) is 1.12. The fourth-order valence-electron chi connectivity index (χ4n) is 1.18. The zero-order valence-electron chi connectivity index (χ0n) is 8.28. The number of hydrogen-bond acceptors (Lipinski definition) is 1. The number of benzene rings is 1. The molecule has 62 valence electrons. The van der Waals surface area contributed by atoms with Crippen molar-refractivity contribution in [1.82, 2.24) is 9.96 Å². The molecule has 0 aliphatic heterocycles. The second-order valence-corrected chi connectivity index (χ2v) is 3.23. The Balaban J connectivity index is 2.74. The molecule has 0 amide bonds. The van der Waals surface area contributed by atoms with Gasteiger partial charge in [0, 0.05) is 5.92 Å². The van der Waals surface area contributed by atoms with Crippen LogP contribution in [0.15, 0.2) is 24.3 Å². The molecule has 0 saturated heterocycles. The Morgan fingerprint density at radius 3 is 2.83 bits per heavy atom. The van der Waals surface area contributed by atoms with Crippen LogP contribution in [0.5, 0.6) is 0 Å². The lowest BCUT2D eigenvalue weighted by molar-refractivity contribution is 0.799. The number of H-pyrrole nitrogens is 1. The van der Waals surface area contributed by atoms with Crippen molar-refractivity contribution in [3.63, 3.8) is 0 Å². The molecule has 2 aromatic rings. The van der Waals surface area contributed by atoms with Crippen LogP contribution in [0.2, 0.25) is 1.41 Å². The second-order valence-electron chi connectivity index (χ2n) is 3.23. The van der Waals surface area contributed by atoms with Gasteiger partial charge in [-0.1, -0.05) is 26.0 Å². The van der Waals surface area contributed by atoms with Gasteiger partial charge in [-0.25, -0.2) is 4.98 Å². The van der Waals surface area contributed by atoms with Crippen molar-refractivity contribution in [3.8, 4) is 0 Å². The molecule has 1 aromatic carbocycles. The zero-order valence-corrected chi connectivity index (χ0v) is 7.28. The molecule has 0 saturated carbocycles. The minimum atomic E-state index is 0.296. The van der Waals surface area contributed by atoms with E-state index in [1.807, 2.05) is 38.1 Å². The summed E-state index contributed by atoms with van der Waals surface area (Å²) in [6.07, 6.45) is 0. The summed E-state index contributed by atoms with van der Waals surface area (Å²) in [5.41, 5.74) is 1.78. The number of para-hydroxylation sites is 2. The first-order valence-electron chi connectivity index (χ1n) is 4.61. The number of aromatic nitrogens is 2. The summed E-state index contributed by atoms with van der Waals surface area (Å²) in [6, 6.07) is 7.73. The summed E-state index contributed by atoms with van der Waals surface area (Å²) in [7, 11) is 0. The highest BCUT2D eigenvalue weighted by Gasteiger charge is 2.04. The molecule has 1 N–H and O–H groups in total. The van der Waals surface area contributed by atoms with E-state index in [1.54, 1.807) is 0 Å². The molecule has 0 fully saturated rings. The molecule has 2 heteroatoms. The van der Waals surface area contributed by atoms with E-state index >= 15 is 0 Å². The molecule has 2 rings (SSSR count). The summed E-state index contributed by atoms with van der Waals surface area (Å²) >= 11 is 0. The molecule has 1 heterocycles. The van der Waals surface area contributed by atoms with Crippen LogP contribution in [0, 0.1) is 0 Å². The largest absolute Gasteiger partial charge is 0.342 e. The van der Waals surface area contributed by atoms with Crippen LogP contribution >= 0.6 is 0 Å². The van der Waals surface area contributed by atoms with Gasteiger partial charge in [-0.15, -0.1) is 0 Å². The summed E-state index contributed by atoms with van der Waals surface area (Å²) in [6.45, 7) is 4.10. The van der Waals surface area contributed by atoms with E-state index in [9.17, 15) is 0 Å². The quantitative estimate of drug-likeness (QED) is 0.686. The van der Waals surface area contributed by atoms with Gasteiger partial charge in [0.25, 0.3) is 0 Å². The number of nitrogens with zero attached hydrogens (tertiary/aromatic N) is 1. The van der Waals surface area contributed by atoms with Gasteiger partial charge >= 0.3 is 0 Å². The summed E-state index contributed by atoms with van der Waals surface area (Å²) in [5, 5.41) is 0. The predicted octanol–water partition coefficient (Wildman–Crippen LogP) is 2.69. The second kappa shape index (κ2) is 2.63. The maximum Gasteiger partial charge on any atom is 0.168 e. The summed E-state index contributed by atoms with van der Waals surface area (Å²) in [4.78, 5) is 5.80. The minimum Gasteiger partial charge on any atom is -0.342 e. The minimum absolute atomic E-state index is 0.296. The Morgan fingerprint density at radius 2 is 2.17 bits per heavy atom. The molecular weight excluding hydrogens is 148 g/mol. The van der Waals surface area contributed by atoms with E-state index in [-0.39, 0.29) is 0 Å². The smallest absolute Gasteiger partial charge is 0.168 e. The number of imidazole rings is 1. The first kappa shape index (κ1) is 6.23. The van der Waals surface area contributed by atoms with Gasteiger partial charge in [-0.05, 0) is 12.1 Å². The van der Waals surface area contributed by atoms with Crippen LogP contribution in [0.3, 0.4) is 0 Å². The van der Waals surface area contributed by atoms with Gasteiger partial charge < -0.3 is 4.98 Å². The van der Waals surface area contributed by atoms with Gasteiger partial charge in [0.05, 0.1) is 11.0 Å². The first-order chi connectivity index (χ1) is 6.20. The van der Waals surface area contributed by atoms with Crippen molar-refractivity contribution in [1.29, 1.82) is 0 Å². The van der Waals surface area contributed by atoms with Crippen LogP contribution < -0.4 is 0 Å². The molecule has 0 aliphatic carbocycles. The molecule has 0 radical (unpaired) electrons. The Morgan fingerprint density at radius 1 is 1.42 bits per heavy atom. The molecular formula is C10H12N2. The van der Waals surface area contributed by atoms with Crippen molar-refractivity contribution in [2.75, 3.05) is 0 Å². The molecule has 12 heavy (non-hydrogen) atoms. The molecule has 0 unspecified atom stereocenters. The Hall–Kier alpha value is -1.31. The highest BCUT2D eigenvalue weighted by molar-refractivity contribution is 5.74. The zero-order chi connectivity index (χ0) is 9.42. The van der Waals surface area contributed by atoms with Crippen LogP contribution in [-0.4, -0.2) is 9.96 Å². The van der Waals surface area contributed by atoms with Gasteiger partial charge in [0.1, 0.15) is 5.82 Å². The van der Waals surface area contributed by atoms with E-state index in [0.29, 0.717) is 5.92 Å². The van der Waals surface area contributed by atoms with Crippen LogP contribution in [0.4, 0.5) is 0 Å². The molecule has 0 atom stereocenters. The fourth-order valence-corrected chi connectivity index (χ4v) is 1.18. The number of fused-ring (bicyclic) bond motifs is 1. The monoisotopic (exact) mass is 162 g/mol. The highest BCUT2D eigenvalue weighted by atomic mass is 14.9. The molecule has 0 spiro atoms. The molecule has 1 aromatic heterocycles. The van der Waals surface area contributed by atoms with Crippen molar-refractivity contribution >= 4 is 11.0 Å². The Kier molecular flexibility index (Phi) is 1.36. The first-order valence-corrected chi connectivity index (χ1v) is 4.17. The van der Waals surface area contributed by atoms with Gasteiger partial charge in [-0.2, -0.15) is 0 Å². The number of rotatable bonds is 1. The molecule has 2 nitrogen and oxygen atoms in total. The third-order valence-corrected chi connectivity index (χ3v) is 1.87. The lowest BCUT2D eigenvalue weighted by Crippen LogP contribution is -1.88. The lowest BCUT2D eigenvalue weighted by atomic mass is 10.2. The van der Waals surface area contributed by atoms with Gasteiger partial charge in [-0.3, -0.25) is 0 Å². The lowest BCUT2D eigenvalue weighted by Gasteiger charge is -1.95. The van der Waals surface area contributed by atoms with Gasteiger partial charge in [0.15, 0.2) is 1.41 Å². The topological polar surface area (TPSA) is 28.7 Å². The van der Waals surface area contributed by atoms with E-state index in [4.69, 9.17) is 1.41 Å². The normalized spacial score (nSPS) is 12.4. The number of nitrogens with one attached hydrogen (secondary N) is 1. The van der Waals surface area contributed by atoms with Gasteiger partial charge in [0.2, 0.25) is 0 Å². The van der Waals surface area contributed by atoms with Crippen molar-refractivity contribution in [2.45, 2.75) is 19.8 Å². The highest BCUT2D eigenvalue weighted by Crippen LogP contribution is 2.15. The predicted molar refractivity (Wildman–Crippen MR) is 50.2 cm³/mol. The fraction of sp³-hybridized carbons (Fsp3) is 0.300. The SMILES string of the molecule is [3H]n1c(C(C)C)nc2ccccc21. The van der Waals surface area contributed by atoms with Crippen LogP contribution in [0.25, 0.3) is 11.0 Å². The third-order valence-electron chi connectivity index (χ3n) is 1.87. The maximum absolute atomic E-state index is 7.80. The third kappa shape index (κ3) is 1.09. The van der Waals surface area contributed by atoms with E-state index < -0.39 is 0 Å². The Labute approximate surface area is 73.1 Å². The molecule has 0 bridgehead atoms. The summed E-state index contributed by atoms with van der Waals surface area (Å²) < 4.78 is 7.80. The average Bonchev–Trinajstić information content (AvgIpc) is 2.45. The van der Waals surface area contributed by atoms with E-state index in [1.165, 1.54) is 4.98 Å². The van der Waals surface area contributed by atoms with Crippen LogP contribution in [-0.2, 0) is 0 Å². The van der Waals surface area contributed by atoms with E-state index in [0.717, 1.165) is 16.9 Å². The Bertz CT molecular complexity index is 431. The number of hydrogen-bond donors (Lipinski definition) is 1. The van der Waals surface area contributed by atoms with Crippen LogP contribution in [0.1, 0.15) is 25.6 Å². The molecule has 0 aliphatic rings. The standard InChI is InChI=1S/C10H12N2/c1-7(2)10-11-8-5-3-4-6-9(8)12-10/h3-7H,1-2H3,(H,11,12)/i/hT. The van der Waals surface area contributed by atoms with Crippen molar-refractivity contribution in [3.05, 3.63) is 30.1 Å². The average molecular weight is 162 g/mol. The maximum atomic E-state index is 7.80.